The predicted molar refractivity (Wildman–Crippen MR) is 62.6 cm³/mol. The smallest absolute Gasteiger partial charge is 0.0479 e. The summed E-state index contributed by atoms with van der Waals surface area (Å²) in [6.45, 7) is 3.37. The highest BCUT2D eigenvalue weighted by Crippen LogP contribution is 2.36. The van der Waals surface area contributed by atoms with Crippen molar-refractivity contribution < 1.29 is 0 Å². The van der Waals surface area contributed by atoms with E-state index < -0.39 is 0 Å². The second-order valence-electron chi connectivity index (χ2n) is 3.28. The van der Waals surface area contributed by atoms with Gasteiger partial charge in [-0.25, -0.2) is 0 Å². The van der Waals surface area contributed by atoms with Gasteiger partial charge in [-0.2, -0.15) is 0 Å². The van der Waals surface area contributed by atoms with Gasteiger partial charge in [0.25, 0.3) is 0 Å². The second kappa shape index (κ2) is 3.93. The number of halogens is 1. The molecule has 1 N–H and O–H groups in total. The second-order valence-corrected chi connectivity index (χ2v) is 5.68. The molecular weight excluding hydrogens is 246 g/mol. The monoisotopic (exact) mass is 257 g/mol. The zero-order valence-corrected chi connectivity index (χ0v) is 9.91. The van der Waals surface area contributed by atoms with E-state index in [2.05, 4.69) is 46.4 Å². The van der Waals surface area contributed by atoms with Gasteiger partial charge in [0.15, 0.2) is 0 Å². The van der Waals surface area contributed by atoms with Crippen LogP contribution < -0.4 is 5.32 Å². The van der Waals surface area contributed by atoms with Gasteiger partial charge in [-0.1, -0.05) is 22.9 Å². The van der Waals surface area contributed by atoms with Crippen molar-refractivity contribution in [1.29, 1.82) is 0 Å². The van der Waals surface area contributed by atoms with Crippen LogP contribution in [0.5, 0.6) is 0 Å². The first kappa shape index (κ1) is 9.41. The average molecular weight is 258 g/mol. The van der Waals surface area contributed by atoms with E-state index in [0.29, 0.717) is 5.25 Å². The highest BCUT2D eigenvalue weighted by molar-refractivity contribution is 9.10. The van der Waals surface area contributed by atoms with E-state index in [4.69, 9.17) is 0 Å². The summed E-state index contributed by atoms with van der Waals surface area (Å²) in [5.41, 5.74) is 1.28. The molecule has 0 saturated heterocycles. The molecule has 1 nitrogen and oxygen atoms in total. The van der Waals surface area contributed by atoms with Gasteiger partial charge < -0.3 is 5.32 Å². The van der Waals surface area contributed by atoms with Crippen LogP contribution in [-0.4, -0.2) is 11.8 Å². The molecule has 0 amide bonds. The van der Waals surface area contributed by atoms with Gasteiger partial charge in [0.1, 0.15) is 0 Å². The zero-order valence-electron chi connectivity index (χ0n) is 7.51. The minimum atomic E-state index is 0.711. The molecule has 0 bridgehead atoms. The van der Waals surface area contributed by atoms with E-state index in [9.17, 15) is 0 Å². The number of anilines is 1. The molecule has 0 aromatic heterocycles. The minimum Gasteiger partial charge on any atom is -0.384 e. The standard InChI is InChI=1S/C10H12BrNS/c1-7-4-5-12-9-3-2-8(11)6-10(9)13-7/h2-3,6-7,12H,4-5H2,1H3. The summed E-state index contributed by atoms with van der Waals surface area (Å²) in [6.07, 6.45) is 1.23. The molecule has 3 heteroatoms. The van der Waals surface area contributed by atoms with Crippen LogP contribution in [0, 0.1) is 0 Å². The molecule has 0 fully saturated rings. The Hall–Kier alpha value is -0.150. The van der Waals surface area contributed by atoms with Crippen molar-refractivity contribution in [3.8, 4) is 0 Å². The number of benzene rings is 1. The summed E-state index contributed by atoms with van der Waals surface area (Å²) in [5, 5.41) is 4.15. The Balaban J connectivity index is 2.35. The largest absolute Gasteiger partial charge is 0.384 e. The summed E-state index contributed by atoms with van der Waals surface area (Å²) in [5.74, 6) is 0. The Morgan fingerprint density at radius 1 is 1.54 bits per heavy atom. The summed E-state index contributed by atoms with van der Waals surface area (Å²) in [7, 11) is 0. The van der Waals surface area contributed by atoms with Gasteiger partial charge in [-0.15, -0.1) is 11.8 Å². The molecule has 1 aliphatic heterocycles. The maximum Gasteiger partial charge on any atom is 0.0479 e. The highest BCUT2D eigenvalue weighted by Gasteiger charge is 2.12. The van der Waals surface area contributed by atoms with E-state index in [1.54, 1.807) is 0 Å². The van der Waals surface area contributed by atoms with Gasteiger partial charge in [0.05, 0.1) is 0 Å². The topological polar surface area (TPSA) is 12.0 Å². The average Bonchev–Trinajstić information content (AvgIpc) is 2.25. The SMILES string of the molecule is CC1CCNc2ccc(Br)cc2S1. The first-order valence-corrected chi connectivity index (χ1v) is 6.13. The molecule has 2 rings (SSSR count). The van der Waals surface area contributed by atoms with E-state index >= 15 is 0 Å². The molecule has 70 valence electrons. The predicted octanol–water partition coefficient (Wildman–Crippen LogP) is 3.75. The van der Waals surface area contributed by atoms with Crippen LogP contribution in [0.25, 0.3) is 0 Å². The van der Waals surface area contributed by atoms with Crippen LogP contribution in [0.4, 0.5) is 5.69 Å². The van der Waals surface area contributed by atoms with Gasteiger partial charge in [-0.05, 0) is 24.6 Å². The highest BCUT2D eigenvalue weighted by atomic mass is 79.9. The maximum absolute atomic E-state index is 3.49. The summed E-state index contributed by atoms with van der Waals surface area (Å²) in [6, 6.07) is 6.42. The van der Waals surface area contributed by atoms with Crippen LogP contribution in [0.15, 0.2) is 27.6 Å². The third-order valence-electron chi connectivity index (χ3n) is 2.14. The van der Waals surface area contributed by atoms with E-state index in [-0.39, 0.29) is 0 Å². The maximum atomic E-state index is 3.49. The Morgan fingerprint density at radius 2 is 2.38 bits per heavy atom. The number of nitrogens with one attached hydrogen (secondary N) is 1. The number of hydrogen-bond acceptors (Lipinski definition) is 2. The van der Waals surface area contributed by atoms with Gasteiger partial charge in [-0.3, -0.25) is 0 Å². The molecule has 0 aliphatic carbocycles. The van der Waals surface area contributed by atoms with Crippen molar-refractivity contribution in [2.75, 3.05) is 11.9 Å². The molecule has 13 heavy (non-hydrogen) atoms. The van der Waals surface area contributed by atoms with Crippen molar-refractivity contribution >= 4 is 33.4 Å². The van der Waals surface area contributed by atoms with Crippen LogP contribution in [0.2, 0.25) is 0 Å². The number of thioether (sulfide) groups is 1. The summed E-state index contributed by atoms with van der Waals surface area (Å²) >= 11 is 5.45. The molecule has 0 spiro atoms. The molecule has 0 radical (unpaired) electrons. The minimum absolute atomic E-state index is 0.711. The van der Waals surface area contributed by atoms with Crippen LogP contribution in [-0.2, 0) is 0 Å². The Morgan fingerprint density at radius 3 is 3.23 bits per heavy atom. The van der Waals surface area contributed by atoms with Crippen molar-refractivity contribution in [1.82, 2.24) is 0 Å². The number of fused-ring (bicyclic) bond motifs is 1. The third kappa shape index (κ3) is 2.20. The summed E-state index contributed by atoms with van der Waals surface area (Å²) in [4.78, 5) is 1.36. The van der Waals surface area contributed by atoms with Crippen LogP contribution >= 0.6 is 27.7 Å². The first-order chi connectivity index (χ1) is 6.25. The molecule has 1 atom stereocenters. The van der Waals surface area contributed by atoms with E-state index in [1.807, 2.05) is 11.8 Å². The Kier molecular flexibility index (Phi) is 2.84. The molecule has 0 saturated carbocycles. The van der Waals surface area contributed by atoms with Crippen molar-refractivity contribution in [3.63, 3.8) is 0 Å². The molecule has 1 aliphatic rings. The van der Waals surface area contributed by atoms with Crippen molar-refractivity contribution in [2.45, 2.75) is 23.5 Å². The fourth-order valence-corrected chi connectivity index (χ4v) is 3.07. The lowest BCUT2D eigenvalue weighted by atomic mass is 10.3. The lowest BCUT2D eigenvalue weighted by Gasteiger charge is -2.07. The molecule has 1 heterocycles. The van der Waals surface area contributed by atoms with Gasteiger partial charge in [0.2, 0.25) is 0 Å². The Bertz CT molecular complexity index is 314. The van der Waals surface area contributed by atoms with Crippen molar-refractivity contribution in [3.05, 3.63) is 22.7 Å². The van der Waals surface area contributed by atoms with Gasteiger partial charge in [0, 0.05) is 26.9 Å². The number of hydrogen-bond donors (Lipinski definition) is 1. The van der Waals surface area contributed by atoms with Crippen LogP contribution in [0.3, 0.4) is 0 Å². The quantitative estimate of drug-likeness (QED) is 0.760. The Labute approximate surface area is 91.4 Å². The third-order valence-corrected chi connectivity index (χ3v) is 3.86. The molecule has 1 unspecified atom stereocenters. The lowest BCUT2D eigenvalue weighted by Crippen LogP contribution is -2.03. The number of rotatable bonds is 0. The van der Waals surface area contributed by atoms with Crippen molar-refractivity contribution in [2.24, 2.45) is 0 Å². The molecular formula is C10H12BrNS. The summed E-state index contributed by atoms with van der Waals surface area (Å²) < 4.78 is 1.16. The first-order valence-electron chi connectivity index (χ1n) is 4.46. The normalized spacial score (nSPS) is 21.5. The van der Waals surface area contributed by atoms with E-state index in [1.165, 1.54) is 17.0 Å². The zero-order chi connectivity index (χ0) is 9.26. The van der Waals surface area contributed by atoms with Crippen LogP contribution in [0.1, 0.15) is 13.3 Å². The van der Waals surface area contributed by atoms with Gasteiger partial charge >= 0.3 is 0 Å². The lowest BCUT2D eigenvalue weighted by molar-refractivity contribution is 0.860. The van der Waals surface area contributed by atoms with E-state index in [0.717, 1.165) is 11.0 Å². The molecule has 1 aromatic rings. The fraction of sp³-hybridized carbons (Fsp3) is 0.400. The fourth-order valence-electron chi connectivity index (χ4n) is 1.43. The molecule has 1 aromatic carbocycles.